The van der Waals surface area contributed by atoms with E-state index in [1.54, 1.807) is 6.07 Å². The normalized spacial score (nSPS) is 20.8. The molecule has 2 rings (SSSR count). The molecule has 21 heavy (non-hydrogen) atoms. The lowest BCUT2D eigenvalue weighted by molar-refractivity contribution is -0.122. The Morgan fingerprint density at radius 2 is 1.81 bits per heavy atom. The lowest BCUT2D eigenvalue weighted by Crippen LogP contribution is -2.44. The van der Waals surface area contributed by atoms with Crippen LogP contribution in [0.25, 0.3) is 0 Å². The number of hydrogen-bond donors (Lipinski definition) is 4. The molecule has 1 fully saturated rings. The van der Waals surface area contributed by atoms with Gasteiger partial charge >= 0.3 is 0 Å². The maximum atomic E-state index is 12.2. The van der Waals surface area contributed by atoms with Crippen molar-refractivity contribution in [3.8, 4) is 11.5 Å². The van der Waals surface area contributed by atoms with Crippen molar-refractivity contribution in [3.63, 3.8) is 0 Å². The van der Waals surface area contributed by atoms with Crippen molar-refractivity contribution in [2.45, 2.75) is 46.2 Å². The van der Waals surface area contributed by atoms with Crippen molar-refractivity contribution >= 4 is 5.91 Å². The van der Waals surface area contributed by atoms with Gasteiger partial charge < -0.3 is 21.3 Å². The van der Waals surface area contributed by atoms with Crippen LogP contribution in [0, 0.1) is 10.8 Å². The van der Waals surface area contributed by atoms with Crippen molar-refractivity contribution in [3.05, 3.63) is 23.8 Å². The van der Waals surface area contributed by atoms with E-state index in [1.807, 2.05) is 0 Å². The highest BCUT2D eigenvalue weighted by molar-refractivity contribution is 5.82. The van der Waals surface area contributed by atoms with Crippen LogP contribution in [0.1, 0.15) is 33.3 Å². The zero-order chi connectivity index (χ0) is 16.0. The standard InChI is InChI=1S/C16H24N2O3/c1-15(2)14(16(15,3)4)18-13(21)10(17)7-9-5-6-11(19)12(20)8-9/h5-6,8,10,14,19-20H,7,17H2,1-4H3,(H,18,21)/t10-/m0/s1. The van der Waals surface area contributed by atoms with E-state index in [2.05, 4.69) is 33.0 Å². The average molecular weight is 292 g/mol. The number of benzene rings is 1. The Morgan fingerprint density at radius 1 is 1.24 bits per heavy atom. The van der Waals surface area contributed by atoms with E-state index in [1.165, 1.54) is 12.1 Å². The molecule has 0 heterocycles. The SMILES string of the molecule is CC1(C)C(NC(=O)[C@@H](N)Cc2ccc(O)c(O)c2)C1(C)C. The molecule has 1 saturated carbocycles. The fraction of sp³-hybridized carbons (Fsp3) is 0.562. The average Bonchev–Trinajstić information content (AvgIpc) is 2.76. The van der Waals surface area contributed by atoms with Crippen LogP contribution in [-0.2, 0) is 11.2 Å². The van der Waals surface area contributed by atoms with Gasteiger partial charge in [0.25, 0.3) is 0 Å². The molecule has 5 heteroatoms. The zero-order valence-electron chi connectivity index (χ0n) is 13.0. The van der Waals surface area contributed by atoms with Gasteiger partial charge in [0.05, 0.1) is 6.04 Å². The molecule has 1 aromatic rings. The minimum Gasteiger partial charge on any atom is -0.504 e. The first-order valence-corrected chi connectivity index (χ1v) is 7.14. The third-order valence-corrected chi connectivity index (χ3v) is 5.14. The number of nitrogens with two attached hydrogens (primary N) is 1. The lowest BCUT2D eigenvalue weighted by Gasteiger charge is -2.14. The Hall–Kier alpha value is -1.75. The molecule has 0 unspecified atom stereocenters. The highest BCUT2D eigenvalue weighted by atomic mass is 16.3. The summed E-state index contributed by atoms with van der Waals surface area (Å²) in [5.74, 6) is -0.575. The van der Waals surface area contributed by atoms with E-state index >= 15 is 0 Å². The second kappa shape index (κ2) is 4.91. The Balaban J connectivity index is 1.96. The largest absolute Gasteiger partial charge is 0.504 e. The highest BCUT2D eigenvalue weighted by Gasteiger charge is 2.65. The van der Waals surface area contributed by atoms with Crippen molar-refractivity contribution in [2.75, 3.05) is 0 Å². The molecule has 0 aliphatic heterocycles. The molecule has 0 aromatic heterocycles. The molecular formula is C16H24N2O3. The van der Waals surface area contributed by atoms with E-state index in [0.29, 0.717) is 12.0 Å². The van der Waals surface area contributed by atoms with Crippen molar-refractivity contribution in [1.29, 1.82) is 0 Å². The van der Waals surface area contributed by atoms with Crippen LogP contribution in [0.4, 0.5) is 0 Å². The number of nitrogens with one attached hydrogen (secondary N) is 1. The third kappa shape index (κ3) is 2.70. The Morgan fingerprint density at radius 3 is 2.29 bits per heavy atom. The molecule has 0 saturated heterocycles. The number of carbonyl (C=O) groups excluding carboxylic acids is 1. The Kier molecular flexibility index (Phi) is 3.66. The van der Waals surface area contributed by atoms with Gasteiger partial charge in [0, 0.05) is 6.04 Å². The van der Waals surface area contributed by atoms with Crippen molar-refractivity contribution in [2.24, 2.45) is 16.6 Å². The van der Waals surface area contributed by atoms with Gasteiger partial charge in [-0.1, -0.05) is 33.8 Å². The molecular weight excluding hydrogens is 268 g/mol. The van der Waals surface area contributed by atoms with E-state index in [-0.39, 0.29) is 34.3 Å². The summed E-state index contributed by atoms with van der Waals surface area (Å²) in [5, 5.41) is 21.7. The van der Waals surface area contributed by atoms with Gasteiger partial charge in [-0.15, -0.1) is 0 Å². The summed E-state index contributed by atoms with van der Waals surface area (Å²) in [6, 6.07) is 3.90. The quantitative estimate of drug-likeness (QED) is 0.633. The van der Waals surface area contributed by atoms with Gasteiger partial charge in [0.2, 0.25) is 5.91 Å². The van der Waals surface area contributed by atoms with Gasteiger partial charge in [0.1, 0.15) is 0 Å². The van der Waals surface area contributed by atoms with Crippen LogP contribution in [0.15, 0.2) is 18.2 Å². The summed E-state index contributed by atoms with van der Waals surface area (Å²) in [5.41, 5.74) is 6.78. The van der Waals surface area contributed by atoms with Crippen LogP contribution in [-0.4, -0.2) is 28.2 Å². The van der Waals surface area contributed by atoms with Gasteiger partial charge in [-0.3, -0.25) is 4.79 Å². The fourth-order valence-electron chi connectivity index (χ4n) is 2.85. The molecule has 5 N–H and O–H groups in total. The van der Waals surface area contributed by atoms with E-state index < -0.39 is 6.04 Å². The molecule has 1 aliphatic rings. The maximum absolute atomic E-state index is 12.2. The predicted molar refractivity (Wildman–Crippen MR) is 80.9 cm³/mol. The second-order valence-electron chi connectivity index (χ2n) is 7.02. The molecule has 5 nitrogen and oxygen atoms in total. The smallest absolute Gasteiger partial charge is 0.237 e. The molecule has 0 radical (unpaired) electrons. The first-order valence-electron chi connectivity index (χ1n) is 7.14. The number of phenols is 2. The van der Waals surface area contributed by atoms with Gasteiger partial charge in [-0.05, 0) is 34.9 Å². The number of aromatic hydroxyl groups is 2. The summed E-state index contributed by atoms with van der Waals surface area (Å²) in [4.78, 5) is 12.2. The van der Waals surface area contributed by atoms with E-state index in [9.17, 15) is 15.0 Å². The van der Waals surface area contributed by atoms with Crippen LogP contribution < -0.4 is 11.1 Å². The van der Waals surface area contributed by atoms with E-state index in [0.717, 1.165) is 0 Å². The van der Waals surface area contributed by atoms with Crippen molar-refractivity contribution in [1.82, 2.24) is 5.32 Å². The minimum absolute atomic E-state index is 0.0686. The number of rotatable bonds is 4. The highest BCUT2D eigenvalue weighted by Crippen LogP contribution is 2.62. The molecule has 1 aliphatic carbocycles. The minimum atomic E-state index is -0.679. The molecule has 1 amide bonds. The molecule has 0 bridgehead atoms. The Bertz CT molecular complexity index is 553. The monoisotopic (exact) mass is 292 g/mol. The lowest BCUT2D eigenvalue weighted by atomic mass is 10.0. The maximum Gasteiger partial charge on any atom is 0.237 e. The van der Waals surface area contributed by atoms with Gasteiger partial charge in [0.15, 0.2) is 11.5 Å². The number of carbonyl (C=O) groups is 1. The number of hydrogen-bond acceptors (Lipinski definition) is 4. The third-order valence-electron chi connectivity index (χ3n) is 5.14. The Labute approximate surface area is 125 Å². The summed E-state index contributed by atoms with van der Waals surface area (Å²) in [7, 11) is 0. The molecule has 116 valence electrons. The van der Waals surface area contributed by atoms with Gasteiger partial charge in [-0.2, -0.15) is 0 Å². The summed E-state index contributed by atoms with van der Waals surface area (Å²) < 4.78 is 0. The van der Waals surface area contributed by atoms with Crippen LogP contribution in [0.2, 0.25) is 0 Å². The number of phenolic OH excluding ortho intramolecular Hbond substituents is 2. The predicted octanol–water partition coefficient (Wildman–Crippen LogP) is 1.52. The summed E-state index contributed by atoms with van der Waals surface area (Å²) >= 11 is 0. The fourth-order valence-corrected chi connectivity index (χ4v) is 2.85. The van der Waals surface area contributed by atoms with E-state index in [4.69, 9.17) is 5.73 Å². The molecule has 1 atom stereocenters. The summed E-state index contributed by atoms with van der Waals surface area (Å²) in [6.45, 7) is 8.51. The topological polar surface area (TPSA) is 95.6 Å². The molecule has 0 spiro atoms. The zero-order valence-corrected chi connectivity index (χ0v) is 13.0. The first kappa shape index (κ1) is 15.6. The van der Waals surface area contributed by atoms with Crippen LogP contribution in [0.5, 0.6) is 11.5 Å². The van der Waals surface area contributed by atoms with Crippen LogP contribution in [0.3, 0.4) is 0 Å². The van der Waals surface area contributed by atoms with Crippen LogP contribution >= 0.6 is 0 Å². The molecule has 1 aromatic carbocycles. The van der Waals surface area contributed by atoms with Crippen molar-refractivity contribution < 1.29 is 15.0 Å². The van der Waals surface area contributed by atoms with Gasteiger partial charge in [-0.25, -0.2) is 0 Å². The summed E-state index contributed by atoms with van der Waals surface area (Å²) in [6.07, 6.45) is 0.313. The number of amides is 1. The first-order chi connectivity index (χ1) is 9.57. The second-order valence-corrected chi connectivity index (χ2v) is 7.02.